The maximum Gasteiger partial charge on any atom is 0.272 e. The third kappa shape index (κ3) is 4.92. The average Bonchev–Trinajstić information content (AvgIpc) is 2.72. The summed E-state index contributed by atoms with van der Waals surface area (Å²) < 4.78 is 19.2. The van der Waals surface area contributed by atoms with Gasteiger partial charge >= 0.3 is 0 Å². The van der Waals surface area contributed by atoms with Gasteiger partial charge in [-0.1, -0.05) is 42.5 Å². The number of hydrogen-bond acceptors (Lipinski definition) is 3. The quantitative estimate of drug-likeness (QED) is 0.681. The number of hydrazine groups is 1. The van der Waals surface area contributed by atoms with Gasteiger partial charge in [0.1, 0.15) is 18.2 Å². The minimum Gasteiger partial charge on any atom is -0.489 e. The highest BCUT2D eigenvalue weighted by molar-refractivity contribution is 5.99. The summed E-state index contributed by atoms with van der Waals surface area (Å²) in [5.74, 6) is -1.13. The number of ether oxygens (including phenoxy) is 1. The van der Waals surface area contributed by atoms with Crippen molar-refractivity contribution in [2.75, 3.05) is 0 Å². The Bertz CT molecular complexity index is 928. The second-order valence-electron chi connectivity index (χ2n) is 5.69. The average molecular weight is 364 g/mol. The molecule has 2 N–H and O–H groups in total. The number of hydrogen-bond donors (Lipinski definition) is 2. The van der Waals surface area contributed by atoms with Gasteiger partial charge in [-0.25, -0.2) is 4.39 Å². The molecule has 5 nitrogen and oxygen atoms in total. The molecule has 0 aromatic heterocycles. The van der Waals surface area contributed by atoms with Crippen LogP contribution in [0.5, 0.6) is 5.75 Å². The molecule has 0 aliphatic heterocycles. The highest BCUT2D eigenvalue weighted by Gasteiger charge is 2.12. The first-order valence-electron chi connectivity index (χ1n) is 8.25. The van der Waals surface area contributed by atoms with Crippen LogP contribution in [0.1, 0.15) is 26.3 Å². The van der Waals surface area contributed by atoms with Crippen LogP contribution in [0.15, 0.2) is 78.9 Å². The van der Waals surface area contributed by atoms with E-state index in [1.54, 1.807) is 24.3 Å². The van der Waals surface area contributed by atoms with Crippen LogP contribution in [0, 0.1) is 5.82 Å². The predicted molar refractivity (Wildman–Crippen MR) is 98.5 cm³/mol. The lowest BCUT2D eigenvalue weighted by Crippen LogP contribution is -2.41. The van der Waals surface area contributed by atoms with Gasteiger partial charge in [-0.2, -0.15) is 0 Å². The van der Waals surface area contributed by atoms with E-state index < -0.39 is 17.6 Å². The van der Waals surface area contributed by atoms with Gasteiger partial charge in [0.25, 0.3) is 11.8 Å². The van der Waals surface area contributed by atoms with Crippen molar-refractivity contribution in [2.45, 2.75) is 6.61 Å². The van der Waals surface area contributed by atoms with Crippen LogP contribution in [-0.4, -0.2) is 11.8 Å². The Morgan fingerprint density at radius 3 is 2.11 bits per heavy atom. The molecule has 0 fully saturated rings. The molecule has 2 amide bonds. The van der Waals surface area contributed by atoms with Crippen molar-refractivity contribution in [3.05, 3.63) is 101 Å². The van der Waals surface area contributed by atoms with Gasteiger partial charge in [0.05, 0.1) is 5.56 Å². The molecule has 0 heterocycles. The molecular weight excluding hydrogens is 347 g/mol. The molecule has 0 unspecified atom stereocenters. The molecule has 3 aromatic carbocycles. The molecular formula is C21H17FN2O3. The van der Waals surface area contributed by atoms with Crippen molar-refractivity contribution in [3.8, 4) is 5.75 Å². The maximum absolute atomic E-state index is 13.5. The number of carbonyl (C=O) groups excluding carboxylic acids is 2. The van der Waals surface area contributed by atoms with Crippen LogP contribution in [0.3, 0.4) is 0 Å². The van der Waals surface area contributed by atoms with Crippen LogP contribution in [-0.2, 0) is 6.61 Å². The summed E-state index contributed by atoms with van der Waals surface area (Å²) in [6.07, 6.45) is 0. The summed E-state index contributed by atoms with van der Waals surface area (Å²) in [6, 6.07) is 21.7. The van der Waals surface area contributed by atoms with Crippen molar-refractivity contribution >= 4 is 11.8 Å². The van der Waals surface area contributed by atoms with Crippen molar-refractivity contribution < 1.29 is 18.7 Å². The minimum absolute atomic E-state index is 0.147. The second kappa shape index (κ2) is 8.62. The zero-order valence-corrected chi connectivity index (χ0v) is 14.3. The van der Waals surface area contributed by atoms with E-state index in [9.17, 15) is 14.0 Å². The first-order valence-corrected chi connectivity index (χ1v) is 8.25. The highest BCUT2D eigenvalue weighted by Crippen LogP contribution is 2.12. The number of amides is 2. The molecule has 3 aromatic rings. The Morgan fingerprint density at radius 2 is 1.41 bits per heavy atom. The van der Waals surface area contributed by atoms with Crippen LogP contribution in [0.4, 0.5) is 4.39 Å². The molecule has 0 bridgehead atoms. The van der Waals surface area contributed by atoms with Crippen LogP contribution < -0.4 is 15.6 Å². The lowest BCUT2D eigenvalue weighted by Gasteiger charge is -2.09. The van der Waals surface area contributed by atoms with Gasteiger partial charge in [-0.05, 0) is 42.0 Å². The van der Waals surface area contributed by atoms with Gasteiger partial charge in [0, 0.05) is 5.56 Å². The normalized spacial score (nSPS) is 10.1. The van der Waals surface area contributed by atoms with E-state index in [-0.39, 0.29) is 5.56 Å². The first-order chi connectivity index (χ1) is 13.1. The summed E-state index contributed by atoms with van der Waals surface area (Å²) in [7, 11) is 0. The van der Waals surface area contributed by atoms with Crippen molar-refractivity contribution in [1.29, 1.82) is 0 Å². The number of para-hydroxylation sites is 1. The summed E-state index contributed by atoms with van der Waals surface area (Å²) in [5.41, 5.74) is 5.56. The summed E-state index contributed by atoms with van der Waals surface area (Å²) >= 11 is 0. The Balaban J connectivity index is 1.53. The van der Waals surface area contributed by atoms with E-state index in [4.69, 9.17) is 4.74 Å². The minimum atomic E-state index is -0.727. The zero-order chi connectivity index (χ0) is 19.1. The summed E-state index contributed by atoms with van der Waals surface area (Å²) in [6.45, 7) is 0.371. The molecule has 0 saturated heterocycles. The Morgan fingerprint density at radius 1 is 0.778 bits per heavy atom. The maximum atomic E-state index is 13.5. The molecule has 0 radical (unpaired) electrons. The van der Waals surface area contributed by atoms with Crippen LogP contribution in [0.2, 0.25) is 0 Å². The molecule has 6 heteroatoms. The highest BCUT2D eigenvalue weighted by atomic mass is 19.1. The largest absolute Gasteiger partial charge is 0.489 e. The van der Waals surface area contributed by atoms with E-state index in [0.29, 0.717) is 12.2 Å². The number of benzene rings is 3. The molecule has 3 rings (SSSR count). The summed E-state index contributed by atoms with van der Waals surface area (Å²) in [4.78, 5) is 24.0. The van der Waals surface area contributed by atoms with Gasteiger partial charge in [-0.15, -0.1) is 0 Å². The van der Waals surface area contributed by atoms with E-state index in [2.05, 4.69) is 10.9 Å². The van der Waals surface area contributed by atoms with Crippen LogP contribution >= 0.6 is 0 Å². The van der Waals surface area contributed by atoms with E-state index in [1.807, 2.05) is 30.3 Å². The first kappa shape index (κ1) is 18.1. The SMILES string of the molecule is O=C(NNC(=O)c1ccccc1F)c1ccc(COc2ccccc2)cc1. The van der Waals surface area contributed by atoms with Gasteiger partial charge in [0.15, 0.2) is 0 Å². The zero-order valence-electron chi connectivity index (χ0n) is 14.3. The molecule has 0 aliphatic carbocycles. The monoisotopic (exact) mass is 364 g/mol. The Hall–Kier alpha value is -3.67. The van der Waals surface area contributed by atoms with Crippen molar-refractivity contribution in [3.63, 3.8) is 0 Å². The lowest BCUT2D eigenvalue weighted by molar-refractivity contribution is 0.0844. The fourth-order valence-electron chi connectivity index (χ4n) is 2.33. The Labute approximate surface area is 155 Å². The smallest absolute Gasteiger partial charge is 0.272 e. The van der Waals surface area contributed by atoms with Gasteiger partial charge in [0.2, 0.25) is 0 Å². The lowest BCUT2D eigenvalue weighted by atomic mass is 10.1. The third-order valence-electron chi connectivity index (χ3n) is 3.77. The fourth-order valence-corrected chi connectivity index (χ4v) is 2.33. The fraction of sp³-hybridized carbons (Fsp3) is 0.0476. The topological polar surface area (TPSA) is 67.4 Å². The van der Waals surface area contributed by atoms with Gasteiger partial charge in [-0.3, -0.25) is 20.4 Å². The molecule has 0 aliphatic rings. The van der Waals surface area contributed by atoms with Crippen LogP contribution in [0.25, 0.3) is 0 Å². The third-order valence-corrected chi connectivity index (χ3v) is 3.77. The molecule has 0 atom stereocenters. The molecule has 136 valence electrons. The summed E-state index contributed by atoms with van der Waals surface area (Å²) in [5, 5.41) is 0. The Kier molecular flexibility index (Phi) is 5.79. The van der Waals surface area contributed by atoms with Crippen molar-refractivity contribution in [1.82, 2.24) is 10.9 Å². The number of nitrogens with one attached hydrogen (secondary N) is 2. The van der Waals surface area contributed by atoms with Crippen molar-refractivity contribution in [2.24, 2.45) is 0 Å². The standard InChI is InChI=1S/C21H17FN2O3/c22-19-9-5-4-8-18(19)21(26)24-23-20(25)16-12-10-15(11-13-16)14-27-17-6-2-1-3-7-17/h1-13H,14H2,(H,23,25)(H,24,26). The predicted octanol–water partition coefficient (Wildman–Crippen LogP) is 3.48. The number of halogens is 1. The second-order valence-corrected chi connectivity index (χ2v) is 5.69. The molecule has 27 heavy (non-hydrogen) atoms. The van der Waals surface area contributed by atoms with E-state index >= 15 is 0 Å². The number of carbonyl (C=O) groups is 2. The molecule has 0 saturated carbocycles. The number of rotatable bonds is 5. The van der Waals surface area contributed by atoms with E-state index in [1.165, 1.54) is 24.3 Å². The van der Waals surface area contributed by atoms with E-state index in [0.717, 1.165) is 11.3 Å². The molecule has 0 spiro atoms. The van der Waals surface area contributed by atoms with Gasteiger partial charge < -0.3 is 4.74 Å².